The number of aryl methyl sites for hydroxylation is 2. The largest absolute Gasteiger partial charge is 0.465 e. The second-order valence-electron chi connectivity index (χ2n) is 6.76. The van der Waals surface area contributed by atoms with E-state index in [2.05, 4.69) is 20.2 Å². The van der Waals surface area contributed by atoms with Gasteiger partial charge in [-0.1, -0.05) is 11.3 Å². The van der Waals surface area contributed by atoms with Gasteiger partial charge >= 0.3 is 0 Å². The van der Waals surface area contributed by atoms with Gasteiger partial charge in [0, 0.05) is 32.3 Å². The first kappa shape index (κ1) is 16.9. The van der Waals surface area contributed by atoms with Crippen LogP contribution in [0.25, 0.3) is 0 Å². The maximum absolute atomic E-state index is 5.96. The van der Waals surface area contributed by atoms with Crippen LogP contribution >= 0.6 is 0 Å². The first-order valence-corrected chi connectivity index (χ1v) is 8.83. The zero-order valence-corrected chi connectivity index (χ0v) is 15.1. The molecule has 0 spiro atoms. The number of rotatable bonds is 6. The molecule has 3 aromatic rings. The Labute approximate surface area is 152 Å². The fraction of sp³-hybridized carbons (Fsp3) is 0.421. The van der Waals surface area contributed by atoms with Crippen molar-refractivity contribution in [3.63, 3.8) is 0 Å². The van der Waals surface area contributed by atoms with Crippen LogP contribution in [0, 0.1) is 6.92 Å². The lowest BCUT2D eigenvalue weighted by Crippen LogP contribution is -2.35. The van der Waals surface area contributed by atoms with Gasteiger partial charge in [-0.05, 0) is 31.2 Å². The van der Waals surface area contributed by atoms with Crippen LogP contribution in [0.3, 0.4) is 0 Å². The Hall–Kier alpha value is -2.51. The van der Waals surface area contributed by atoms with E-state index in [0.717, 1.165) is 48.2 Å². The molecule has 7 nitrogen and oxygen atoms in total. The summed E-state index contributed by atoms with van der Waals surface area (Å²) in [5.41, 5.74) is 3.13. The number of aromatic nitrogens is 4. The molecule has 1 aliphatic rings. The van der Waals surface area contributed by atoms with Gasteiger partial charge in [-0.15, -0.1) is 5.10 Å². The number of pyridine rings is 1. The van der Waals surface area contributed by atoms with Crippen LogP contribution < -0.4 is 0 Å². The minimum Gasteiger partial charge on any atom is -0.465 e. The number of hydrogen-bond donors (Lipinski definition) is 0. The van der Waals surface area contributed by atoms with E-state index >= 15 is 0 Å². The monoisotopic (exact) mass is 353 g/mol. The highest BCUT2D eigenvalue weighted by Crippen LogP contribution is 2.28. The van der Waals surface area contributed by atoms with E-state index < -0.39 is 0 Å². The summed E-state index contributed by atoms with van der Waals surface area (Å²) in [5.74, 6) is 2.13. The van der Waals surface area contributed by atoms with Gasteiger partial charge in [0.05, 0.1) is 31.1 Å². The zero-order chi connectivity index (χ0) is 17.9. The summed E-state index contributed by atoms with van der Waals surface area (Å²) in [6.45, 7) is 5.51. The van der Waals surface area contributed by atoms with Gasteiger partial charge in [0.2, 0.25) is 0 Å². The Bertz CT molecular complexity index is 858. The molecule has 0 unspecified atom stereocenters. The van der Waals surface area contributed by atoms with Gasteiger partial charge in [-0.2, -0.15) is 0 Å². The minimum absolute atomic E-state index is 0.221. The van der Waals surface area contributed by atoms with Crippen LogP contribution in [0.2, 0.25) is 0 Å². The van der Waals surface area contributed by atoms with Crippen molar-refractivity contribution < 1.29 is 9.15 Å². The summed E-state index contributed by atoms with van der Waals surface area (Å²) in [7, 11) is 1.95. The van der Waals surface area contributed by atoms with Crippen molar-refractivity contribution in [2.75, 3.05) is 13.2 Å². The molecule has 7 heteroatoms. The standard InChI is InChI=1S/C19H23N5O2/c1-14-6-7-17(26-14)10-24-9-15(19-18(11-24)21-22-23(19)2)12-25-13-16-5-3-4-8-20-16/h3-8,15H,9-13H2,1-2H3/t15-/m0/s1. The smallest absolute Gasteiger partial charge is 0.118 e. The van der Waals surface area contributed by atoms with E-state index in [0.29, 0.717) is 13.2 Å². The Morgan fingerprint density at radius 3 is 2.96 bits per heavy atom. The molecule has 0 aliphatic carbocycles. The predicted molar refractivity (Wildman–Crippen MR) is 95.2 cm³/mol. The Morgan fingerprint density at radius 1 is 1.27 bits per heavy atom. The molecule has 26 heavy (non-hydrogen) atoms. The molecule has 0 saturated heterocycles. The van der Waals surface area contributed by atoms with Crippen molar-refractivity contribution in [1.29, 1.82) is 0 Å². The SMILES string of the molecule is Cc1ccc(CN2Cc3nnn(C)c3[C@H](COCc3ccccn3)C2)o1. The van der Waals surface area contributed by atoms with Gasteiger partial charge in [0.15, 0.2) is 0 Å². The third-order valence-electron chi connectivity index (χ3n) is 4.65. The molecule has 0 N–H and O–H groups in total. The maximum atomic E-state index is 5.96. The van der Waals surface area contributed by atoms with Gasteiger partial charge in [-0.3, -0.25) is 14.6 Å². The molecule has 0 radical (unpaired) electrons. The molecule has 0 bridgehead atoms. The quantitative estimate of drug-likeness (QED) is 0.678. The molecular weight excluding hydrogens is 330 g/mol. The predicted octanol–water partition coefficient (Wildman–Crippen LogP) is 2.43. The Kier molecular flexibility index (Phi) is 4.81. The first-order valence-electron chi connectivity index (χ1n) is 8.83. The van der Waals surface area contributed by atoms with Crippen molar-refractivity contribution >= 4 is 0 Å². The summed E-state index contributed by atoms with van der Waals surface area (Å²) < 4.78 is 13.6. The van der Waals surface area contributed by atoms with Crippen LogP contribution in [0.5, 0.6) is 0 Å². The van der Waals surface area contributed by atoms with Crippen molar-refractivity contribution in [3.8, 4) is 0 Å². The van der Waals surface area contributed by atoms with Gasteiger partial charge in [0.25, 0.3) is 0 Å². The molecule has 0 amide bonds. The van der Waals surface area contributed by atoms with Crippen molar-refractivity contribution in [3.05, 3.63) is 65.1 Å². The fourth-order valence-corrected chi connectivity index (χ4v) is 3.53. The van der Waals surface area contributed by atoms with Crippen molar-refractivity contribution in [2.45, 2.75) is 32.5 Å². The molecule has 4 rings (SSSR count). The van der Waals surface area contributed by atoms with Crippen LogP contribution in [-0.4, -0.2) is 38.0 Å². The number of hydrogen-bond acceptors (Lipinski definition) is 6. The molecule has 1 atom stereocenters. The molecule has 4 heterocycles. The third kappa shape index (κ3) is 3.68. The van der Waals surface area contributed by atoms with Gasteiger partial charge in [-0.25, -0.2) is 0 Å². The number of ether oxygens (including phenoxy) is 1. The Morgan fingerprint density at radius 2 is 2.19 bits per heavy atom. The number of nitrogens with zero attached hydrogens (tertiary/aromatic N) is 5. The minimum atomic E-state index is 0.221. The van der Waals surface area contributed by atoms with E-state index in [1.54, 1.807) is 6.20 Å². The maximum Gasteiger partial charge on any atom is 0.118 e. The van der Waals surface area contributed by atoms with Crippen molar-refractivity contribution in [2.24, 2.45) is 7.05 Å². The van der Waals surface area contributed by atoms with E-state index in [-0.39, 0.29) is 5.92 Å². The summed E-state index contributed by atoms with van der Waals surface area (Å²) >= 11 is 0. The molecule has 0 aromatic carbocycles. The molecule has 0 fully saturated rings. The summed E-state index contributed by atoms with van der Waals surface area (Å²) in [6.07, 6.45) is 1.79. The highest BCUT2D eigenvalue weighted by molar-refractivity contribution is 5.20. The summed E-state index contributed by atoms with van der Waals surface area (Å²) in [5, 5.41) is 8.55. The summed E-state index contributed by atoms with van der Waals surface area (Å²) in [4.78, 5) is 6.65. The molecule has 0 saturated carbocycles. The van der Waals surface area contributed by atoms with Crippen molar-refractivity contribution in [1.82, 2.24) is 24.9 Å². The fourth-order valence-electron chi connectivity index (χ4n) is 3.53. The zero-order valence-electron chi connectivity index (χ0n) is 15.1. The van der Waals surface area contributed by atoms with E-state index in [1.165, 1.54) is 0 Å². The Balaban J connectivity index is 1.44. The second kappa shape index (κ2) is 7.39. The highest BCUT2D eigenvalue weighted by Gasteiger charge is 2.30. The summed E-state index contributed by atoms with van der Waals surface area (Å²) in [6, 6.07) is 9.90. The average molecular weight is 353 g/mol. The molecule has 3 aromatic heterocycles. The van der Waals surface area contributed by atoms with Crippen LogP contribution in [0.4, 0.5) is 0 Å². The normalized spacial score (nSPS) is 17.4. The lowest BCUT2D eigenvalue weighted by atomic mass is 9.99. The molecular formula is C19H23N5O2. The van der Waals surface area contributed by atoms with E-state index in [4.69, 9.17) is 9.15 Å². The number of fused-ring (bicyclic) bond motifs is 1. The molecule has 1 aliphatic heterocycles. The van der Waals surface area contributed by atoms with E-state index in [1.807, 2.05) is 49.0 Å². The van der Waals surface area contributed by atoms with Gasteiger partial charge in [0.1, 0.15) is 17.2 Å². The lowest BCUT2D eigenvalue weighted by molar-refractivity contribution is 0.0796. The van der Waals surface area contributed by atoms with E-state index in [9.17, 15) is 0 Å². The van der Waals surface area contributed by atoms with Crippen LogP contribution in [-0.2, 0) is 31.5 Å². The molecule has 136 valence electrons. The average Bonchev–Trinajstić information content (AvgIpc) is 3.22. The van der Waals surface area contributed by atoms with Crippen LogP contribution in [0.1, 0.15) is 34.5 Å². The third-order valence-corrected chi connectivity index (χ3v) is 4.65. The topological polar surface area (TPSA) is 69.2 Å². The first-order chi connectivity index (χ1) is 12.7. The highest BCUT2D eigenvalue weighted by atomic mass is 16.5. The number of furan rings is 1. The van der Waals surface area contributed by atoms with Gasteiger partial charge < -0.3 is 9.15 Å². The lowest BCUT2D eigenvalue weighted by Gasteiger charge is -2.31. The second-order valence-corrected chi connectivity index (χ2v) is 6.76. The van der Waals surface area contributed by atoms with Crippen LogP contribution in [0.15, 0.2) is 40.9 Å².